The number of halogens is 10. The van der Waals surface area contributed by atoms with Gasteiger partial charge in [-0.15, -0.1) is 0 Å². The van der Waals surface area contributed by atoms with Crippen molar-refractivity contribution in [2.45, 2.75) is 73.8 Å². The molecule has 0 fully saturated rings. The predicted molar refractivity (Wildman–Crippen MR) is 498 cm³/mol. The van der Waals surface area contributed by atoms with Crippen LogP contribution in [0.3, 0.4) is 0 Å². The average molecular weight is 1850 g/mol. The quantitative estimate of drug-likeness (QED) is 0.0120. The van der Waals surface area contributed by atoms with E-state index in [4.69, 9.17) is 84.8 Å². The van der Waals surface area contributed by atoms with E-state index < -0.39 is 53.0 Å². The molecule has 0 aliphatic heterocycles. The maximum absolute atomic E-state index is 13.6. The fraction of sp³-hybridized carbons (Fsp3) is 0.186. The molecule has 0 spiro atoms. The van der Waals surface area contributed by atoms with E-state index in [2.05, 4.69) is 52.6 Å². The Morgan fingerprint density at radius 2 is 0.587 bits per heavy atom. The van der Waals surface area contributed by atoms with Gasteiger partial charge >= 0.3 is 6.18 Å². The number of rotatable bonds is 25. The molecule has 10 aromatic carbocycles. The normalized spacial score (nSPS) is 11.4. The molecule has 10 rings (SSSR count). The highest BCUT2D eigenvalue weighted by molar-refractivity contribution is 8.23. The number of alkyl halides is 3. The molecular weight excluding hydrogens is 1760 g/mol. The molecule has 636 valence electrons. The van der Waals surface area contributed by atoms with Crippen LogP contribution >= 0.6 is 120 Å². The van der Waals surface area contributed by atoms with Crippen LogP contribution < -0.4 is 50.8 Å². The van der Waals surface area contributed by atoms with Crippen LogP contribution in [0.2, 0.25) is 0 Å². The van der Waals surface area contributed by atoms with Crippen LogP contribution in [0.5, 0.6) is 28.7 Å². The van der Waals surface area contributed by atoms with Crippen LogP contribution in [-0.4, -0.2) is 81.4 Å². The summed E-state index contributed by atoms with van der Waals surface area (Å²) in [4.78, 5) is 0. The highest BCUT2D eigenvalue weighted by Crippen LogP contribution is 2.30. The Bertz CT molecular complexity index is 5200. The smallest absolute Gasteiger partial charge is 0.416 e. The number of nitrogens with zero attached hydrogens (tertiary/aromatic N) is 5. The number of hydrogen-bond acceptors (Lipinski definition) is 20. The number of ether oxygens (including phenoxy) is 5. The Labute approximate surface area is 744 Å². The topological polar surface area (TPSA) is 168 Å². The van der Waals surface area contributed by atoms with Gasteiger partial charge in [0, 0.05) is 5.56 Å². The van der Waals surface area contributed by atoms with Crippen molar-refractivity contribution in [3.63, 3.8) is 0 Å². The van der Waals surface area contributed by atoms with Gasteiger partial charge in [0.1, 0.15) is 79.2 Å². The Balaban J connectivity index is 0.000000234. The van der Waals surface area contributed by atoms with Crippen molar-refractivity contribution in [1.82, 2.24) is 27.1 Å². The monoisotopic (exact) mass is 1840 g/mol. The van der Waals surface area contributed by atoms with Gasteiger partial charge in [-0.25, -0.2) is 30.7 Å². The zero-order chi connectivity index (χ0) is 88.4. The third-order valence-electron chi connectivity index (χ3n) is 16.1. The van der Waals surface area contributed by atoms with E-state index in [1.807, 2.05) is 139 Å². The van der Waals surface area contributed by atoms with Gasteiger partial charge in [-0.3, -0.25) is 27.1 Å². The largest absolute Gasteiger partial charge is 0.489 e. The summed E-state index contributed by atoms with van der Waals surface area (Å²) < 4.78 is 161. The molecule has 0 radical (unpaired) electrons. The highest BCUT2D eigenvalue weighted by atomic mass is 32.2. The molecule has 0 bridgehead atoms. The first kappa shape index (κ1) is 99.9. The predicted octanol–water partition coefficient (Wildman–Crippen LogP) is 23.1. The number of nitrogens with one attached hydrogen (secondary N) is 5. The van der Waals surface area contributed by atoms with Crippen molar-refractivity contribution < 1.29 is 67.6 Å². The average Bonchev–Trinajstić information content (AvgIpc) is 0.800. The molecule has 0 aliphatic rings. The summed E-state index contributed by atoms with van der Waals surface area (Å²) in [6.45, 7) is 9.87. The van der Waals surface area contributed by atoms with Crippen molar-refractivity contribution in [3.05, 3.63) is 326 Å². The van der Waals surface area contributed by atoms with E-state index in [-0.39, 0.29) is 31.5 Å². The molecule has 0 aliphatic carbocycles. The van der Waals surface area contributed by atoms with Crippen LogP contribution in [0, 0.1) is 40.7 Å². The molecule has 0 aromatic heterocycles. The Morgan fingerprint density at radius 3 is 0.901 bits per heavy atom. The summed E-state index contributed by atoms with van der Waals surface area (Å²) in [7, 11) is 0. The number of hydrazone groups is 5. The molecule has 5 N–H and O–H groups in total. The van der Waals surface area contributed by atoms with E-state index in [0.717, 1.165) is 98.4 Å². The van der Waals surface area contributed by atoms with Gasteiger partial charge in [0.15, 0.2) is 44.9 Å². The van der Waals surface area contributed by atoms with Gasteiger partial charge < -0.3 is 23.7 Å². The first-order valence-electron chi connectivity index (χ1n) is 35.7. The Morgan fingerprint density at radius 1 is 0.306 bits per heavy atom. The standard InChI is InChI=1S/C18H17F3N2OS2.C17H15F3N2OS2.C17H16F2N2OS2.2C17H17FN2OS2/c1-12(22-23-17(25)26-2)14-5-9-16(10-6-14)24-11-13-3-7-15(8-4-13)18(19,20)21;1-10(21-22-17(24)25-2)11-3-5-12(6-4-11)23-9-13-14(18)7-8-15(19)16(13)20;1-11(20-21-17(23)24-2)13-4-6-14(7-5-13)22-10-12-3-8-15(18)16(19)9-12;1-12(19-20-17(22)23-2)14-5-9-16(10-6-14)21-11-13-3-7-15(18)8-4-13;1-12(19-20-17(22)23-2)13-7-9-15(10-8-13)21-11-14-5-3-4-6-16(14)18/h3-10H,11H2,1-2H3,(H,23,25);3-8H,9H2,1-2H3,(H,22,24);3-9H,10H2,1-2H3,(H,21,23);2*3-10H,11H2,1-2H3,(H,20,22)/b22-12+;21-10+;20-11+;2*19-12+. The van der Waals surface area contributed by atoms with Crippen LogP contribution in [0.25, 0.3) is 0 Å². The SMILES string of the molecule is CSC(=S)N/N=C(\C)c1ccc(OCc2c(F)ccc(F)c2F)cc1.CSC(=S)N/N=C(\C)c1ccc(OCc2ccc(C(F)(F)F)cc2)cc1.CSC(=S)N/N=C(\C)c1ccc(OCc2ccc(F)c(F)c2)cc1.CSC(=S)N/N=C(\C)c1ccc(OCc2ccc(F)cc2)cc1.CSC(=S)N/N=C(\C)c1ccc(OCc2ccccc2F)cc1. The molecule has 0 heterocycles. The van der Waals surface area contributed by atoms with E-state index >= 15 is 0 Å². The lowest BCUT2D eigenvalue weighted by atomic mass is 10.1. The maximum Gasteiger partial charge on any atom is 0.416 e. The molecule has 10 aromatic rings. The minimum absolute atomic E-state index is 0.160. The lowest BCUT2D eigenvalue weighted by Crippen LogP contribution is -2.13. The molecule has 0 atom stereocenters. The summed E-state index contributed by atoms with van der Waals surface area (Å²) in [6, 6.07) is 59.5. The van der Waals surface area contributed by atoms with Crippen LogP contribution in [0.4, 0.5) is 43.9 Å². The summed E-state index contributed by atoms with van der Waals surface area (Å²) in [6.07, 6.45) is 5.04. The van der Waals surface area contributed by atoms with Crippen LogP contribution in [-0.2, 0) is 39.2 Å². The van der Waals surface area contributed by atoms with E-state index in [9.17, 15) is 43.9 Å². The molecule has 0 unspecified atom stereocenters. The number of thioether (sulfide) groups is 5. The highest BCUT2D eigenvalue weighted by Gasteiger charge is 2.30. The minimum Gasteiger partial charge on any atom is -0.489 e. The second-order valence-electron chi connectivity index (χ2n) is 24.6. The number of thiocarbonyl (C=S) groups is 5. The molecule has 0 saturated carbocycles. The maximum atomic E-state index is 13.6. The van der Waals surface area contributed by atoms with Crippen molar-refractivity contribution in [2.24, 2.45) is 25.5 Å². The Kier molecular flexibility index (Phi) is 43.8. The third kappa shape index (κ3) is 36.7. The Hall–Kier alpha value is -9.95. The summed E-state index contributed by atoms with van der Waals surface area (Å²) in [5.41, 5.74) is 24.0. The summed E-state index contributed by atoms with van der Waals surface area (Å²) >= 11 is 32.2. The van der Waals surface area contributed by atoms with Crippen LogP contribution in [0.1, 0.15) is 95.8 Å². The van der Waals surface area contributed by atoms with Gasteiger partial charge in [0.25, 0.3) is 0 Å². The first-order valence-corrected chi connectivity index (χ1v) is 43.8. The van der Waals surface area contributed by atoms with Crippen LogP contribution in [0.15, 0.2) is 250 Å². The zero-order valence-electron chi connectivity index (χ0n) is 66.5. The van der Waals surface area contributed by atoms with E-state index in [1.165, 1.54) is 95.2 Å². The summed E-state index contributed by atoms with van der Waals surface area (Å²) in [5, 5.41) is 21.0. The fourth-order valence-corrected chi connectivity index (χ4v) is 10.2. The molecule has 35 heteroatoms. The zero-order valence-corrected chi connectivity index (χ0v) is 74.7. The molecule has 0 saturated heterocycles. The summed E-state index contributed by atoms with van der Waals surface area (Å²) in [5.74, 6) is -2.39. The minimum atomic E-state index is -4.33. The van der Waals surface area contributed by atoms with E-state index in [0.29, 0.717) is 73.6 Å². The lowest BCUT2D eigenvalue weighted by Gasteiger charge is -2.10. The molecule has 121 heavy (non-hydrogen) atoms. The molecule has 15 nitrogen and oxygen atoms in total. The second kappa shape index (κ2) is 53.1. The van der Waals surface area contributed by atoms with Crippen molar-refractivity contribution >= 4 is 170 Å². The molecular formula is C86H82F10N10O5S10. The second-order valence-corrected chi connectivity index (χ2v) is 32.0. The first-order chi connectivity index (χ1) is 57.9. The molecule has 0 amide bonds. The van der Waals surface area contributed by atoms with Crippen molar-refractivity contribution in [1.29, 1.82) is 0 Å². The number of hydrogen-bond donors (Lipinski definition) is 5. The van der Waals surface area contributed by atoms with E-state index in [1.54, 1.807) is 78.9 Å². The van der Waals surface area contributed by atoms with Gasteiger partial charge in [-0.2, -0.15) is 38.7 Å². The lowest BCUT2D eigenvalue weighted by molar-refractivity contribution is -0.137. The van der Waals surface area contributed by atoms with Gasteiger partial charge in [0.2, 0.25) is 0 Å². The fourth-order valence-electron chi connectivity index (χ4n) is 9.29. The van der Waals surface area contributed by atoms with Gasteiger partial charge in [-0.05, 0) is 286 Å². The van der Waals surface area contributed by atoms with Gasteiger partial charge in [-0.1, -0.05) is 168 Å². The number of benzene rings is 10. The third-order valence-corrected chi connectivity index (χ3v) is 21.4. The van der Waals surface area contributed by atoms with Crippen molar-refractivity contribution in [3.8, 4) is 28.7 Å². The van der Waals surface area contributed by atoms with Crippen molar-refractivity contribution in [2.75, 3.05) is 31.3 Å². The van der Waals surface area contributed by atoms with Gasteiger partial charge in [0.05, 0.1) is 39.7 Å².